The summed E-state index contributed by atoms with van der Waals surface area (Å²) in [7, 11) is 2.06. The first kappa shape index (κ1) is 9.46. The predicted molar refractivity (Wildman–Crippen MR) is 65.1 cm³/mol. The van der Waals surface area contributed by atoms with Crippen molar-refractivity contribution >= 4 is 16.6 Å². The van der Waals surface area contributed by atoms with Crippen molar-refractivity contribution in [2.75, 3.05) is 18.5 Å². The molecule has 3 nitrogen and oxygen atoms in total. The van der Waals surface area contributed by atoms with Crippen molar-refractivity contribution in [3.8, 4) is 5.75 Å². The number of anilines is 1. The Labute approximate surface area is 94.3 Å². The third kappa shape index (κ3) is 1.11. The molecular formula is C13H14N2O. The molecule has 0 radical (unpaired) electrons. The molecule has 0 fully saturated rings. The van der Waals surface area contributed by atoms with Crippen molar-refractivity contribution in [3.05, 3.63) is 30.0 Å². The number of benzene rings is 1. The lowest BCUT2D eigenvalue weighted by atomic mass is 9.98. The van der Waals surface area contributed by atoms with Crippen molar-refractivity contribution in [1.82, 2.24) is 4.98 Å². The second-order valence-electron chi connectivity index (χ2n) is 4.51. The summed E-state index contributed by atoms with van der Waals surface area (Å²) < 4.78 is 0. The number of aromatic nitrogens is 1. The lowest BCUT2D eigenvalue weighted by Gasteiger charge is -2.13. The van der Waals surface area contributed by atoms with E-state index in [0.717, 1.165) is 17.6 Å². The van der Waals surface area contributed by atoms with Gasteiger partial charge in [0.25, 0.3) is 0 Å². The SMILES string of the molecule is CC1CN(C)c2cc(O)c3ncccc3c21. The molecule has 2 aromatic rings. The van der Waals surface area contributed by atoms with Gasteiger partial charge >= 0.3 is 0 Å². The molecule has 1 atom stereocenters. The summed E-state index contributed by atoms with van der Waals surface area (Å²) in [6.07, 6.45) is 1.72. The van der Waals surface area contributed by atoms with Crippen molar-refractivity contribution in [2.45, 2.75) is 12.8 Å². The largest absolute Gasteiger partial charge is 0.506 e. The molecule has 0 aliphatic carbocycles. The number of pyridine rings is 1. The second kappa shape index (κ2) is 3.11. The molecule has 0 saturated carbocycles. The number of nitrogens with zero attached hydrogens (tertiary/aromatic N) is 2. The van der Waals surface area contributed by atoms with E-state index in [0.29, 0.717) is 11.4 Å². The highest BCUT2D eigenvalue weighted by Crippen LogP contribution is 2.42. The first-order valence-corrected chi connectivity index (χ1v) is 5.50. The minimum atomic E-state index is 0.273. The number of phenolic OH excluding ortho intramolecular Hbond substituents is 1. The third-order valence-corrected chi connectivity index (χ3v) is 3.34. The van der Waals surface area contributed by atoms with E-state index >= 15 is 0 Å². The van der Waals surface area contributed by atoms with E-state index in [-0.39, 0.29) is 5.75 Å². The molecule has 1 aliphatic heterocycles. The fourth-order valence-electron chi connectivity index (χ4n) is 2.67. The zero-order valence-electron chi connectivity index (χ0n) is 9.44. The highest BCUT2D eigenvalue weighted by molar-refractivity contribution is 5.93. The number of hydrogen-bond donors (Lipinski definition) is 1. The average Bonchev–Trinajstić information content (AvgIpc) is 2.55. The van der Waals surface area contributed by atoms with Crippen molar-refractivity contribution < 1.29 is 5.11 Å². The Balaban J connectivity index is 2.44. The van der Waals surface area contributed by atoms with Crippen LogP contribution in [0.4, 0.5) is 5.69 Å². The highest BCUT2D eigenvalue weighted by Gasteiger charge is 2.26. The van der Waals surface area contributed by atoms with Gasteiger partial charge in [-0.25, -0.2) is 0 Å². The molecule has 1 aromatic carbocycles. The maximum absolute atomic E-state index is 9.95. The molecular weight excluding hydrogens is 200 g/mol. The Bertz CT molecular complexity index is 565. The molecule has 0 amide bonds. The van der Waals surface area contributed by atoms with Crippen molar-refractivity contribution in [1.29, 1.82) is 0 Å². The van der Waals surface area contributed by atoms with E-state index in [1.54, 1.807) is 6.20 Å². The zero-order valence-corrected chi connectivity index (χ0v) is 9.44. The normalized spacial score (nSPS) is 19.1. The van der Waals surface area contributed by atoms with Crippen LogP contribution in [0.2, 0.25) is 0 Å². The number of fused-ring (bicyclic) bond motifs is 3. The van der Waals surface area contributed by atoms with Gasteiger partial charge < -0.3 is 10.0 Å². The lowest BCUT2D eigenvalue weighted by molar-refractivity contribution is 0.480. The van der Waals surface area contributed by atoms with Crippen molar-refractivity contribution in [3.63, 3.8) is 0 Å². The Hall–Kier alpha value is -1.77. The first-order chi connectivity index (χ1) is 7.68. The monoisotopic (exact) mass is 214 g/mol. The summed E-state index contributed by atoms with van der Waals surface area (Å²) in [5, 5.41) is 11.0. The molecule has 3 rings (SSSR count). The van der Waals surface area contributed by atoms with Crippen LogP contribution in [0.3, 0.4) is 0 Å². The van der Waals surface area contributed by atoms with E-state index in [4.69, 9.17) is 0 Å². The average molecular weight is 214 g/mol. The topological polar surface area (TPSA) is 36.4 Å². The van der Waals surface area contributed by atoms with Gasteiger partial charge in [-0.1, -0.05) is 13.0 Å². The molecule has 1 unspecified atom stereocenters. The van der Waals surface area contributed by atoms with Gasteiger partial charge in [-0.2, -0.15) is 0 Å². The van der Waals surface area contributed by atoms with E-state index in [1.165, 1.54) is 5.56 Å². The Morgan fingerprint density at radius 1 is 1.50 bits per heavy atom. The highest BCUT2D eigenvalue weighted by atomic mass is 16.3. The smallest absolute Gasteiger partial charge is 0.143 e. The van der Waals surface area contributed by atoms with Crippen LogP contribution in [-0.2, 0) is 0 Å². The number of likely N-dealkylation sites (N-methyl/N-ethyl adjacent to an activating group) is 1. The van der Waals surface area contributed by atoms with E-state index in [1.807, 2.05) is 18.2 Å². The van der Waals surface area contributed by atoms with Crippen LogP contribution in [-0.4, -0.2) is 23.7 Å². The Morgan fingerprint density at radius 3 is 3.12 bits per heavy atom. The number of phenols is 1. The summed E-state index contributed by atoms with van der Waals surface area (Å²) >= 11 is 0. The summed E-state index contributed by atoms with van der Waals surface area (Å²) in [6.45, 7) is 3.22. The molecule has 1 N–H and O–H groups in total. The summed E-state index contributed by atoms with van der Waals surface area (Å²) in [4.78, 5) is 6.44. The lowest BCUT2D eigenvalue weighted by Crippen LogP contribution is -2.13. The second-order valence-corrected chi connectivity index (χ2v) is 4.51. The van der Waals surface area contributed by atoms with Gasteiger partial charge in [-0.15, -0.1) is 0 Å². The molecule has 0 saturated heterocycles. The fraction of sp³-hybridized carbons (Fsp3) is 0.308. The van der Waals surface area contributed by atoms with E-state index in [9.17, 15) is 5.11 Å². The Morgan fingerprint density at radius 2 is 2.31 bits per heavy atom. The van der Waals surface area contributed by atoms with Crippen LogP contribution < -0.4 is 4.90 Å². The van der Waals surface area contributed by atoms with Crippen LogP contribution in [0.1, 0.15) is 18.4 Å². The predicted octanol–water partition coefficient (Wildman–Crippen LogP) is 2.49. The molecule has 1 aromatic heterocycles. The van der Waals surface area contributed by atoms with Crippen LogP contribution >= 0.6 is 0 Å². The van der Waals surface area contributed by atoms with Gasteiger partial charge in [0, 0.05) is 42.8 Å². The summed E-state index contributed by atoms with van der Waals surface area (Å²) in [6, 6.07) is 5.79. The summed E-state index contributed by atoms with van der Waals surface area (Å²) in [5.74, 6) is 0.766. The quantitative estimate of drug-likeness (QED) is 0.732. The van der Waals surface area contributed by atoms with Crippen LogP contribution in [0.25, 0.3) is 10.9 Å². The molecule has 82 valence electrons. The van der Waals surface area contributed by atoms with Crippen LogP contribution in [0, 0.1) is 0 Å². The molecule has 16 heavy (non-hydrogen) atoms. The van der Waals surface area contributed by atoms with Gasteiger partial charge in [-0.05, 0) is 11.6 Å². The Kier molecular flexibility index (Phi) is 1.84. The molecule has 0 spiro atoms. The third-order valence-electron chi connectivity index (χ3n) is 3.34. The van der Waals surface area contributed by atoms with Gasteiger partial charge in [-0.3, -0.25) is 4.98 Å². The zero-order chi connectivity index (χ0) is 11.3. The first-order valence-electron chi connectivity index (χ1n) is 5.50. The standard InChI is InChI=1S/C13H14N2O/c1-8-7-15(2)10-6-11(16)13-9(12(8)10)4-3-5-14-13/h3-6,8,16H,7H2,1-2H3. The van der Waals surface area contributed by atoms with Gasteiger partial charge in [0.1, 0.15) is 11.3 Å². The maximum Gasteiger partial charge on any atom is 0.143 e. The van der Waals surface area contributed by atoms with E-state index in [2.05, 4.69) is 23.9 Å². The van der Waals surface area contributed by atoms with E-state index < -0.39 is 0 Å². The van der Waals surface area contributed by atoms with Crippen LogP contribution in [0.5, 0.6) is 5.75 Å². The summed E-state index contributed by atoms with van der Waals surface area (Å²) in [5.41, 5.74) is 3.15. The van der Waals surface area contributed by atoms with Crippen LogP contribution in [0.15, 0.2) is 24.4 Å². The molecule has 0 bridgehead atoms. The van der Waals surface area contributed by atoms with Crippen molar-refractivity contribution in [2.24, 2.45) is 0 Å². The number of rotatable bonds is 0. The number of aromatic hydroxyl groups is 1. The van der Waals surface area contributed by atoms with Gasteiger partial charge in [0.05, 0.1) is 0 Å². The molecule has 3 heteroatoms. The van der Waals surface area contributed by atoms with Gasteiger partial charge in [0.2, 0.25) is 0 Å². The maximum atomic E-state index is 9.95. The fourth-order valence-corrected chi connectivity index (χ4v) is 2.67. The minimum Gasteiger partial charge on any atom is -0.506 e. The minimum absolute atomic E-state index is 0.273. The molecule has 1 aliphatic rings. The van der Waals surface area contributed by atoms with Gasteiger partial charge in [0.15, 0.2) is 0 Å². The molecule has 2 heterocycles. The number of hydrogen-bond acceptors (Lipinski definition) is 3.